The highest BCUT2D eigenvalue weighted by atomic mass is 19.4. The summed E-state index contributed by atoms with van der Waals surface area (Å²) in [4.78, 5) is 11.6. The van der Waals surface area contributed by atoms with E-state index in [0.29, 0.717) is 23.5 Å². The lowest BCUT2D eigenvalue weighted by atomic mass is 10.2. The van der Waals surface area contributed by atoms with E-state index in [1.54, 1.807) is 24.3 Å². The SMILES string of the molecule is CCNC(=O)c1ccc(NCc2ccnn2CC(F)(F)F)cc1. The fourth-order valence-corrected chi connectivity index (χ4v) is 2.02. The highest BCUT2D eigenvalue weighted by Crippen LogP contribution is 2.18. The fourth-order valence-electron chi connectivity index (χ4n) is 2.02. The highest BCUT2D eigenvalue weighted by molar-refractivity contribution is 5.94. The van der Waals surface area contributed by atoms with E-state index in [-0.39, 0.29) is 12.5 Å². The van der Waals surface area contributed by atoms with Gasteiger partial charge in [-0.25, -0.2) is 0 Å². The molecule has 0 aliphatic rings. The predicted molar refractivity (Wildman–Crippen MR) is 80.1 cm³/mol. The maximum absolute atomic E-state index is 12.4. The molecule has 2 rings (SSSR count). The third-order valence-corrected chi connectivity index (χ3v) is 3.09. The molecule has 0 radical (unpaired) electrons. The van der Waals surface area contributed by atoms with E-state index in [4.69, 9.17) is 0 Å². The summed E-state index contributed by atoms with van der Waals surface area (Å²) in [6.07, 6.45) is -2.98. The summed E-state index contributed by atoms with van der Waals surface area (Å²) in [5.41, 5.74) is 1.66. The fraction of sp³-hybridized carbons (Fsp3) is 0.333. The third-order valence-electron chi connectivity index (χ3n) is 3.09. The van der Waals surface area contributed by atoms with E-state index >= 15 is 0 Å². The van der Waals surface area contributed by atoms with Gasteiger partial charge in [-0.2, -0.15) is 18.3 Å². The first kappa shape index (κ1) is 16.9. The van der Waals surface area contributed by atoms with Crippen molar-refractivity contribution >= 4 is 11.6 Å². The van der Waals surface area contributed by atoms with Crippen LogP contribution >= 0.6 is 0 Å². The largest absolute Gasteiger partial charge is 0.408 e. The van der Waals surface area contributed by atoms with Crippen LogP contribution in [0.15, 0.2) is 36.5 Å². The molecular formula is C15H17F3N4O. The van der Waals surface area contributed by atoms with Gasteiger partial charge in [-0.1, -0.05) is 0 Å². The summed E-state index contributed by atoms with van der Waals surface area (Å²) >= 11 is 0. The lowest BCUT2D eigenvalue weighted by Gasteiger charge is -2.12. The van der Waals surface area contributed by atoms with Gasteiger partial charge in [0.05, 0.1) is 12.2 Å². The summed E-state index contributed by atoms with van der Waals surface area (Å²) in [7, 11) is 0. The number of alkyl halides is 3. The summed E-state index contributed by atoms with van der Waals surface area (Å²) < 4.78 is 38.2. The first-order valence-electron chi connectivity index (χ1n) is 7.08. The van der Waals surface area contributed by atoms with Crippen molar-refractivity contribution in [2.24, 2.45) is 0 Å². The van der Waals surface area contributed by atoms with Crippen molar-refractivity contribution < 1.29 is 18.0 Å². The molecule has 2 N–H and O–H groups in total. The minimum absolute atomic E-state index is 0.165. The van der Waals surface area contributed by atoms with Crippen molar-refractivity contribution in [2.45, 2.75) is 26.2 Å². The van der Waals surface area contributed by atoms with Gasteiger partial charge < -0.3 is 10.6 Å². The molecule has 8 heteroatoms. The van der Waals surface area contributed by atoms with E-state index in [1.165, 1.54) is 12.3 Å². The van der Waals surface area contributed by atoms with Crippen LogP contribution in [0.4, 0.5) is 18.9 Å². The molecule has 124 valence electrons. The monoisotopic (exact) mass is 326 g/mol. The molecule has 1 aromatic heterocycles. The first-order valence-corrected chi connectivity index (χ1v) is 7.08. The number of benzene rings is 1. The van der Waals surface area contributed by atoms with E-state index in [2.05, 4.69) is 15.7 Å². The molecular weight excluding hydrogens is 309 g/mol. The summed E-state index contributed by atoms with van der Waals surface area (Å²) in [6, 6.07) is 8.24. The van der Waals surface area contributed by atoms with Gasteiger partial charge in [0.15, 0.2) is 0 Å². The van der Waals surface area contributed by atoms with Gasteiger partial charge in [-0.15, -0.1) is 0 Å². The number of hydrogen-bond acceptors (Lipinski definition) is 3. The molecule has 5 nitrogen and oxygen atoms in total. The number of carbonyl (C=O) groups is 1. The van der Waals surface area contributed by atoms with Crippen LogP contribution in [0.5, 0.6) is 0 Å². The molecule has 0 aliphatic heterocycles. The second kappa shape index (κ2) is 7.17. The Kier molecular flexibility index (Phi) is 5.25. The van der Waals surface area contributed by atoms with Gasteiger partial charge in [0.1, 0.15) is 6.54 Å². The van der Waals surface area contributed by atoms with E-state index in [1.807, 2.05) is 6.92 Å². The standard InChI is InChI=1S/C15H17F3N4O/c1-2-19-14(23)11-3-5-12(6-4-11)20-9-13-7-8-21-22(13)10-15(16,17)18/h3-8,20H,2,9-10H2,1H3,(H,19,23). The molecule has 1 amide bonds. The number of halogens is 3. The molecule has 23 heavy (non-hydrogen) atoms. The molecule has 0 aliphatic carbocycles. The zero-order chi connectivity index (χ0) is 16.9. The Balaban J connectivity index is 1.96. The van der Waals surface area contributed by atoms with Crippen molar-refractivity contribution in [3.8, 4) is 0 Å². The minimum Gasteiger partial charge on any atom is -0.379 e. The Labute approximate surface area is 131 Å². The molecule has 1 aromatic carbocycles. The molecule has 1 heterocycles. The minimum atomic E-state index is -4.31. The van der Waals surface area contributed by atoms with Gasteiger partial charge in [-0.3, -0.25) is 9.48 Å². The van der Waals surface area contributed by atoms with Gasteiger partial charge in [-0.05, 0) is 37.3 Å². The average molecular weight is 326 g/mol. The van der Waals surface area contributed by atoms with Crippen molar-refractivity contribution in [1.29, 1.82) is 0 Å². The van der Waals surface area contributed by atoms with Crippen LogP contribution in [0.3, 0.4) is 0 Å². The molecule has 0 fully saturated rings. The van der Waals surface area contributed by atoms with E-state index in [9.17, 15) is 18.0 Å². The van der Waals surface area contributed by atoms with Crippen LogP contribution in [0, 0.1) is 0 Å². The zero-order valence-corrected chi connectivity index (χ0v) is 12.5. The Hall–Kier alpha value is -2.51. The highest BCUT2D eigenvalue weighted by Gasteiger charge is 2.29. The first-order chi connectivity index (χ1) is 10.9. The van der Waals surface area contributed by atoms with E-state index in [0.717, 1.165) is 4.68 Å². The maximum Gasteiger partial charge on any atom is 0.408 e. The van der Waals surface area contributed by atoms with Crippen molar-refractivity contribution in [3.05, 3.63) is 47.8 Å². The number of rotatable bonds is 6. The Morgan fingerprint density at radius 1 is 1.22 bits per heavy atom. The lowest BCUT2D eigenvalue weighted by molar-refractivity contribution is -0.143. The number of carbonyl (C=O) groups excluding carboxylic acids is 1. The van der Waals surface area contributed by atoms with Crippen molar-refractivity contribution in [2.75, 3.05) is 11.9 Å². The number of amides is 1. The number of aromatic nitrogens is 2. The number of anilines is 1. The quantitative estimate of drug-likeness (QED) is 0.858. The second-order valence-electron chi connectivity index (χ2n) is 4.89. The summed E-state index contributed by atoms with van der Waals surface area (Å²) in [5, 5.41) is 9.37. The normalized spacial score (nSPS) is 11.3. The predicted octanol–water partition coefficient (Wildman–Crippen LogP) is 2.81. The van der Waals surface area contributed by atoms with E-state index < -0.39 is 12.7 Å². The third kappa shape index (κ3) is 5.01. The molecule has 0 spiro atoms. The van der Waals surface area contributed by atoms with Crippen LogP contribution < -0.4 is 10.6 Å². The lowest BCUT2D eigenvalue weighted by Crippen LogP contribution is -2.22. The number of nitrogens with one attached hydrogen (secondary N) is 2. The van der Waals surface area contributed by atoms with Crippen LogP contribution in [0.25, 0.3) is 0 Å². The molecule has 0 bridgehead atoms. The Bertz CT molecular complexity index is 649. The van der Waals surface area contributed by atoms with Gasteiger partial charge >= 0.3 is 6.18 Å². The molecule has 0 unspecified atom stereocenters. The number of nitrogens with zero attached hydrogens (tertiary/aromatic N) is 2. The maximum atomic E-state index is 12.4. The Morgan fingerprint density at radius 2 is 1.91 bits per heavy atom. The van der Waals surface area contributed by atoms with Crippen LogP contribution in [-0.2, 0) is 13.1 Å². The summed E-state index contributed by atoms with van der Waals surface area (Å²) in [6.45, 7) is 1.46. The average Bonchev–Trinajstić information content (AvgIpc) is 2.91. The topological polar surface area (TPSA) is 59.0 Å². The number of hydrogen-bond donors (Lipinski definition) is 2. The van der Waals surface area contributed by atoms with Gasteiger partial charge in [0, 0.05) is 24.0 Å². The molecule has 2 aromatic rings. The second-order valence-corrected chi connectivity index (χ2v) is 4.89. The smallest absolute Gasteiger partial charge is 0.379 e. The molecule has 0 saturated heterocycles. The van der Waals surface area contributed by atoms with Crippen molar-refractivity contribution in [1.82, 2.24) is 15.1 Å². The summed E-state index contributed by atoms with van der Waals surface area (Å²) in [5.74, 6) is -0.165. The Morgan fingerprint density at radius 3 is 2.52 bits per heavy atom. The van der Waals surface area contributed by atoms with Crippen LogP contribution in [0.2, 0.25) is 0 Å². The molecule has 0 saturated carbocycles. The zero-order valence-electron chi connectivity index (χ0n) is 12.5. The van der Waals surface area contributed by atoms with Gasteiger partial charge in [0.25, 0.3) is 5.91 Å². The van der Waals surface area contributed by atoms with Gasteiger partial charge in [0.2, 0.25) is 0 Å². The van der Waals surface area contributed by atoms with Crippen LogP contribution in [-0.4, -0.2) is 28.4 Å². The molecule has 0 atom stereocenters. The van der Waals surface area contributed by atoms with Crippen molar-refractivity contribution in [3.63, 3.8) is 0 Å². The van der Waals surface area contributed by atoms with Crippen LogP contribution in [0.1, 0.15) is 23.0 Å².